The highest BCUT2D eigenvalue weighted by atomic mass is 32.2. The van der Waals surface area contributed by atoms with Gasteiger partial charge in [-0.2, -0.15) is 0 Å². The van der Waals surface area contributed by atoms with Crippen molar-refractivity contribution >= 4 is 33.0 Å². The van der Waals surface area contributed by atoms with Crippen LogP contribution in [0.1, 0.15) is 22.8 Å². The van der Waals surface area contributed by atoms with E-state index in [4.69, 9.17) is 5.73 Å². The molecule has 0 radical (unpaired) electrons. The first-order chi connectivity index (χ1) is 11.7. The number of sulfone groups is 1. The normalized spacial score (nSPS) is 11.0. The van der Waals surface area contributed by atoms with Crippen LogP contribution in [0.5, 0.6) is 0 Å². The zero-order chi connectivity index (χ0) is 18.8. The molecule has 0 aromatic heterocycles. The molecule has 0 atom stereocenters. The zero-order valence-electron chi connectivity index (χ0n) is 14.1. The first kappa shape index (κ1) is 18.5. The van der Waals surface area contributed by atoms with Crippen molar-refractivity contribution in [2.75, 3.05) is 18.1 Å². The summed E-state index contributed by atoms with van der Waals surface area (Å²) in [6.45, 7) is 2.96. The van der Waals surface area contributed by atoms with E-state index in [2.05, 4.69) is 10.6 Å². The molecule has 0 saturated heterocycles. The summed E-state index contributed by atoms with van der Waals surface area (Å²) in [5, 5.41) is 4.88. The molecule has 0 unspecified atom stereocenters. The van der Waals surface area contributed by atoms with E-state index in [1.807, 2.05) is 0 Å². The molecule has 0 spiro atoms. The Morgan fingerprint density at radius 2 is 1.80 bits per heavy atom. The number of amides is 2. The standard InChI is InChI=1S/C17H19N3O4S/c1-10-5-4-6-12(9-10)25(23,24)14-8-7-13(19-3)15(16(14)18)17(22)20-11(2)21/h4-9,19H,18H2,1-3H3,(H,20,21,22). The Balaban J connectivity index is 2.67. The number of benzene rings is 2. The van der Waals surface area contributed by atoms with Gasteiger partial charge in [0.1, 0.15) is 0 Å². The molecule has 0 aliphatic heterocycles. The second-order valence-corrected chi connectivity index (χ2v) is 7.40. The molecule has 4 N–H and O–H groups in total. The maximum absolute atomic E-state index is 12.9. The highest BCUT2D eigenvalue weighted by Gasteiger charge is 2.26. The summed E-state index contributed by atoms with van der Waals surface area (Å²) in [5.41, 5.74) is 6.80. The summed E-state index contributed by atoms with van der Waals surface area (Å²) in [7, 11) is -2.36. The third-order valence-electron chi connectivity index (χ3n) is 3.58. The lowest BCUT2D eigenvalue weighted by molar-refractivity contribution is -0.118. The number of anilines is 2. The molecule has 0 bridgehead atoms. The van der Waals surface area contributed by atoms with Gasteiger partial charge >= 0.3 is 0 Å². The fourth-order valence-corrected chi connectivity index (χ4v) is 3.91. The number of imide groups is 1. The average molecular weight is 361 g/mol. The van der Waals surface area contributed by atoms with Crippen molar-refractivity contribution in [1.29, 1.82) is 0 Å². The molecule has 0 saturated carbocycles. The Bertz CT molecular complexity index is 952. The van der Waals surface area contributed by atoms with Crippen LogP contribution in [0.15, 0.2) is 46.2 Å². The van der Waals surface area contributed by atoms with E-state index in [1.54, 1.807) is 26.1 Å². The van der Waals surface area contributed by atoms with Crippen LogP contribution >= 0.6 is 0 Å². The Kier molecular flexibility index (Phi) is 5.13. The van der Waals surface area contributed by atoms with Crippen molar-refractivity contribution in [1.82, 2.24) is 5.32 Å². The topological polar surface area (TPSA) is 118 Å². The van der Waals surface area contributed by atoms with Crippen LogP contribution in [-0.2, 0) is 14.6 Å². The van der Waals surface area contributed by atoms with Gasteiger partial charge in [0.05, 0.1) is 21.0 Å². The van der Waals surface area contributed by atoms with Gasteiger partial charge in [0.25, 0.3) is 5.91 Å². The van der Waals surface area contributed by atoms with E-state index < -0.39 is 21.7 Å². The molecule has 132 valence electrons. The second-order valence-electron chi connectivity index (χ2n) is 5.48. The largest absolute Gasteiger partial charge is 0.397 e. The molecule has 2 aromatic carbocycles. The zero-order valence-corrected chi connectivity index (χ0v) is 14.9. The SMILES string of the molecule is CNc1ccc(S(=O)(=O)c2cccc(C)c2)c(N)c1C(=O)NC(C)=O. The number of carbonyl (C=O) groups is 2. The molecule has 25 heavy (non-hydrogen) atoms. The molecule has 8 heteroatoms. The van der Waals surface area contributed by atoms with Crippen molar-refractivity contribution in [2.24, 2.45) is 0 Å². The third kappa shape index (κ3) is 3.63. The van der Waals surface area contributed by atoms with Crippen LogP contribution in [0, 0.1) is 6.92 Å². The van der Waals surface area contributed by atoms with Gasteiger partial charge in [-0.25, -0.2) is 8.42 Å². The smallest absolute Gasteiger partial charge is 0.262 e. The van der Waals surface area contributed by atoms with Gasteiger partial charge in [-0.3, -0.25) is 14.9 Å². The lowest BCUT2D eigenvalue weighted by atomic mass is 10.1. The van der Waals surface area contributed by atoms with Crippen molar-refractivity contribution in [3.63, 3.8) is 0 Å². The summed E-state index contributed by atoms with van der Waals surface area (Å²) in [6.07, 6.45) is 0. The van der Waals surface area contributed by atoms with Gasteiger partial charge in [0.2, 0.25) is 15.7 Å². The van der Waals surface area contributed by atoms with E-state index in [-0.39, 0.29) is 21.0 Å². The molecule has 2 rings (SSSR count). The number of hydrogen-bond donors (Lipinski definition) is 3. The van der Waals surface area contributed by atoms with E-state index in [0.717, 1.165) is 5.56 Å². The first-order valence-corrected chi connectivity index (χ1v) is 8.90. The fraction of sp³-hybridized carbons (Fsp3) is 0.176. The molecule has 7 nitrogen and oxygen atoms in total. The summed E-state index contributed by atoms with van der Waals surface area (Å²) in [4.78, 5) is 23.3. The summed E-state index contributed by atoms with van der Waals surface area (Å²) in [5.74, 6) is -1.34. The van der Waals surface area contributed by atoms with Crippen molar-refractivity contribution in [3.8, 4) is 0 Å². The predicted molar refractivity (Wildman–Crippen MR) is 95.2 cm³/mol. The second kappa shape index (κ2) is 6.94. The van der Waals surface area contributed by atoms with Gasteiger partial charge in [-0.05, 0) is 36.8 Å². The molecule has 0 heterocycles. The van der Waals surface area contributed by atoms with Crippen molar-refractivity contribution in [2.45, 2.75) is 23.6 Å². The number of rotatable bonds is 4. The Hall–Kier alpha value is -2.87. The van der Waals surface area contributed by atoms with E-state index in [9.17, 15) is 18.0 Å². The highest BCUT2D eigenvalue weighted by Crippen LogP contribution is 2.32. The number of nitrogens with one attached hydrogen (secondary N) is 2. The van der Waals surface area contributed by atoms with E-state index >= 15 is 0 Å². The molecular formula is C17H19N3O4S. The van der Waals surface area contributed by atoms with E-state index in [0.29, 0.717) is 5.69 Å². The lowest BCUT2D eigenvalue weighted by Gasteiger charge is -2.15. The minimum atomic E-state index is -3.92. The number of hydrogen-bond acceptors (Lipinski definition) is 6. The molecule has 2 aromatic rings. The van der Waals surface area contributed by atoms with Gasteiger partial charge in [0.15, 0.2) is 0 Å². The molecule has 0 aliphatic rings. The van der Waals surface area contributed by atoms with Crippen LogP contribution in [0.2, 0.25) is 0 Å². The highest BCUT2D eigenvalue weighted by molar-refractivity contribution is 7.91. The minimum Gasteiger partial charge on any atom is -0.397 e. The monoisotopic (exact) mass is 361 g/mol. The Labute approximate surface area is 146 Å². The van der Waals surface area contributed by atoms with E-state index in [1.165, 1.54) is 31.2 Å². The maximum Gasteiger partial charge on any atom is 0.262 e. The average Bonchev–Trinajstić information content (AvgIpc) is 2.53. The van der Waals surface area contributed by atoms with Crippen LogP contribution in [0.25, 0.3) is 0 Å². The number of nitrogens with two attached hydrogens (primary N) is 1. The Morgan fingerprint density at radius 3 is 2.36 bits per heavy atom. The summed E-state index contributed by atoms with van der Waals surface area (Å²) < 4.78 is 25.8. The minimum absolute atomic E-state index is 0.0781. The van der Waals surface area contributed by atoms with Crippen LogP contribution < -0.4 is 16.4 Å². The quantitative estimate of drug-likeness (QED) is 0.714. The fourth-order valence-electron chi connectivity index (χ4n) is 2.42. The molecule has 2 amide bonds. The first-order valence-electron chi connectivity index (χ1n) is 7.42. The summed E-state index contributed by atoms with van der Waals surface area (Å²) >= 11 is 0. The summed E-state index contributed by atoms with van der Waals surface area (Å²) in [6, 6.07) is 9.17. The number of carbonyl (C=O) groups excluding carboxylic acids is 2. The molecule has 0 fully saturated rings. The van der Waals surface area contributed by atoms with Gasteiger partial charge in [-0.15, -0.1) is 0 Å². The Morgan fingerprint density at radius 1 is 1.12 bits per heavy atom. The van der Waals surface area contributed by atoms with Gasteiger partial charge < -0.3 is 11.1 Å². The van der Waals surface area contributed by atoms with Crippen molar-refractivity contribution in [3.05, 3.63) is 47.5 Å². The van der Waals surface area contributed by atoms with Crippen LogP contribution in [-0.4, -0.2) is 27.3 Å². The maximum atomic E-state index is 12.9. The predicted octanol–water partition coefficient (Wildman–Crippen LogP) is 1.73. The lowest BCUT2D eigenvalue weighted by Crippen LogP contribution is -2.29. The van der Waals surface area contributed by atoms with Crippen molar-refractivity contribution < 1.29 is 18.0 Å². The third-order valence-corrected chi connectivity index (χ3v) is 5.39. The van der Waals surface area contributed by atoms with Crippen LogP contribution in [0.3, 0.4) is 0 Å². The number of nitrogen functional groups attached to an aromatic ring is 1. The van der Waals surface area contributed by atoms with Gasteiger partial charge in [-0.1, -0.05) is 12.1 Å². The van der Waals surface area contributed by atoms with Gasteiger partial charge in [0, 0.05) is 19.7 Å². The van der Waals surface area contributed by atoms with Crippen LogP contribution in [0.4, 0.5) is 11.4 Å². The number of aryl methyl sites for hydroxylation is 1. The molecule has 0 aliphatic carbocycles. The molecular weight excluding hydrogens is 342 g/mol.